The van der Waals surface area contributed by atoms with Gasteiger partial charge in [0.1, 0.15) is 0 Å². The molecule has 16 aromatic rings. The van der Waals surface area contributed by atoms with E-state index in [2.05, 4.69) is 82.0 Å². The highest BCUT2D eigenvalue weighted by Gasteiger charge is 2.26. The summed E-state index contributed by atoms with van der Waals surface area (Å²) in [6.45, 7) is 0. The largest absolute Gasteiger partial charge is 0.309 e. The van der Waals surface area contributed by atoms with E-state index < -0.39 is 0 Å². The Balaban J connectivity index is 1.03. The summed E-state index contributed by atoms with van der Waals surface area (Å²) in [5, 5.41) is 95.5. The van der Waals surface area contributed by atoms with Crippen LogP contribution in [0.3, 0.4) is 0 Å². The maximum absolute atomic E-state index is 10.6. The van der Waals surface area contributed by atoms with Gasteiger partial charge in [-0.25, -0.2) is 15.0 Å². The van der Waals surface area contributed by atoms with E-state index in [9.17, 15) is 47.4 Å². The van der Waals surface area contributed by atoms with Crippen molar-refractivity contribution in [3.63, 3.8) is 0 Å². The summed E-state index contributed by atoms with van der Waals surface area (Å²) in [5.41, 5.74) is 18.1. The molecule has 0 fully saturated rings. The van der Waals surface area contributed by atoms with Crippen molar-refractivity contribution < 1.29 is 0 Å². The summed E-state index contributed by atoms with van der Waals surface area (Å²) >= 11 is 0. The standard InChI is InChI=1S/C90H44N14/c91-45-54-8-7-13-61(34-54)62-18-29-85(104-86-32-21-65(74-26-16-57(48-94)37-69(74)52-98)42-81(86)82-43-66(22-33-87(82)104)75-27-17-58(49-95)38-70(75)53-99)78(39-62)77-44-71(23-28-76(77)90-101-88(59-9-3-1-4-10-59)100-89(102-90)60-11-5-2-6-12-60)103-83-30-19-63(72-24-14-55(46-92)35-67(72)50-96)40-79(83)80-41-64(20-31-84(80)103)73-25-15-56(47-93)36-68(73)51-97/h1-44H. The molecule has 0 aliphatic carbocycles. The van der Waals surface area contributed by atoms with Gasteiger partial charge in [0.25, 0.3) is 0 Å². The van der Waals surface area contributed by atoms with E-state index in [0.717, 1.165) is 88.1 Å². The predicted molar refractivity (Wildman–Crippen MR) is 400 cm³/mol. The number of rotatable bonds is 11. The molecule has 14 heteroatoms. The molecule has 0 N–H and O–H groups in total. The van der Waals surface area contributed by atoms with Crippen LogP contribution in [0.25, 0.3) is 156 Å². The van der Waals surface area contributed by atoms with Crippen LogP contribution in [0.4, 0.5) is 0 Å². The van der Waals surface area contributed by atoms with Gasteiger partial charge in [-0.3, -0.25) is 0 Å². The molecular weight excluding hydrogens is 1280 g/mol. The maximum Gasteiger partial charge on any atom is 0.164 e. The lowest BCUT2D eigenvalue weighted by Crippen LogP contribution is -2.04. The van der Waals surface area contributed by atoms with E-state index in [4.69, 9.17) is 15.0 Å². The fraction of sp³-hybridized carbons (Fsp3) is 0. The zero-order valence-electron chi connectivity index (χ0n) is 54.7. The van der Waals surface area contributed by atoms with Crippen molar-refractivity contribution in [1.29, 1.82) is 47.4 Å². The zero-order chi connectivity index (χ0) is 71.1. The van der Waals surface area contributed by atoms with E-state index in [1.807, 2.05) is 170 Å². The third-order valence-corrected chi connectivity index (χ3v) is 18.9. The Morgan fingerprint density at radius 2 is 0.558 bits per heavy atom. The van der Waals surface area contributed by atoms with Gasteiger partial charge >= 0.3 is 0 Å². The highest BCUT2D eigenvalue weighted by Crippen LogP contribution is 2.47. The molecule has 0 radical (unpaired) electrons. The summed E-state index contributed by atoms with van der Waals surface area (Å²) in [6, 6.07) is 104. The summed E-state index contributed by atoms with van der Waals surface area (Å²) in [7, 11) is 0. The third kappa shape index (κ3) is 10.9. The van der Waals surface area contributed by atoms with Gasteiger partial charge in [0.05, 0.1) is 132 Å². The van der Waals surface area contributed by atoms with Crippen LogP contribution in [0.5, 0.6) is 0 Å². The minimum atomic E-state index is 0.321. The lowest BCUT2D eigenvalue weighted by molar-refractivity contribution is 1.07. The van der Waals surface area contributed by atoms with Crippen molar-refractivity contribution in [2.75, 3.05) is 0 Å². The molecule has 0 saturated carbocycles. The van der Waals surface area contributed by atoms with Crippen molar-refractivity contribution >= 4 is 43.6 Å². The van der Waals surface area contributed by atoms with Crippen molar-refractivity contribution in [2.45, 2.75) is 0 Å². The number of benzene rings is 13. The summed E-state index contributed by atoms with van der Waals surface area (Å²) < 4.78 is 4.38. The van der Waals surface area contributed by atoms with Gasteiger partial charge < -0.3 is 9.13 Å². The van der Waals surface area contributed by atoms with Crippen LogP contribution in [0.2, 0.25) is 0 Å². The van der Waals surface area contributed by atoms with Crippen molar-refractivity contribution in [1.82, 2.24) is 24.1 Å². The number of hydrogen-bond acceptors (Lipinski definition) is 12. The topological polar surface area (TPSA) is 263 Å². The van der Waals surface area contributed by atoms with Crippen LogP contribution in [0, 0.1) is 102 Å². The molecule has 104 heavy (non-hydrogen) atoms. The Kier molecular flexibility index (Phi) is 15.7. The molecule has 16 rings (SSSR count). The second-order valence-electron chi connectivity index (χ2n) is 24.7. The van der Waals surface area contributed by atoms with Crippen LogP contribution in [-0.4, -0.2) is 24.1 Å². The highest BCUT2D eigenvalue weighted by molar-refractivity contribution is 6.14. The number of nitriles is 9. The molecule has 3 aromatic heterocycles. The van der Waals surface area contributed by atoms with Gasteiger partial charge in [-0.1, -0.05) is 127 Å². The zero-order valence-corrected chi connectivity index (χ0v) is 54.7. The van der Waals surface area contributed by atoms with Gasteiger partial charge in [0, 0.05) is 49.5 Å². The Morgan fingerprint density at radius 1 is 0.212 bits per heavy atom. The second-order valence-corrected chi connectivity index (χ2v) is 24.7. The predicted octanol–water partition coefficient (Wildman–Crippen LogP) is 19.9. The molecule has 13 aromatic carbocycles. The van der Waals surface area contributed by atoms with Gasteiger partial charge in [0.2, 0.25) is 0 Å². The van der Waals surface area contributed by atoms with Crippen LogP contribution in [0.15, 0.2) is 267 Å². The molecule has 0 bridgehead atoms. The van der Waals surface area contributed by atoms with Crippen molar-refractivity contribution in [2.24, 2.45) is 0 Å². The molecule has 0 amide bonds. The van der Waals surface area contributed by atoms with Crippen molar-refractivity contribution in [3.8, 4) is 167 Å². The average molecular weight is 1320 g/mol. The molecule has 3 heterocycles. The molecule has 0 unspecified atom stereocenters. The first kappa shape index (κ1) is 62.7. The monoisotopic (exact) mass is 1320 g/mol. The lowest BCUT2D eigenvalue weighted by atomic mass is 9.92. The minimum absolute atomic E-state index is 0.321. The van der Waals surface area contributed by atoms with Crippen LogP contribution in [0.1, 0.15) is 50.1 Å². The maximum atomic E-state index is 10.6. The van der Waals surface area contributed by atoms with Crippen LogP contribution < -0.4 is 0 Å². The first-order chi connectivity index (χ1) is 51.1. The Labute approximate surface area is 595 Å². The summed E-state index contributed by atoms with van der Waals surface area (Å²) in [6.07, 6.45) is 0. The van der Waals surface area contributed by atoms with Crippen LogP contribution in [-0.2, 0) is 0 Å². The van der Waals surface area contributed by atoms with E-state index in [1.165, 1.54) is 0 Å². The third-order valence-electron chi connectivity index (χ3n) is 18.9. The normalized spacial score (nSPS) is 10.8. The Bertz CT molecular complexity index is 6470. The van der Waals surface area contributed by atoms with E-state index in [0.29, 0.717) is 118 Å². The lowest BCUT2D eigenvalue weighted by Gasteiger charge is -2.20. The first-order valence-electron chi connectivity index (χ1n) is 32.7. The molecule has 474 valence electrons. The van der Waals surface area contributed by atoms with Gasteiger partial charge in [-0.05, 0) is 201 Å². The molecule has 0 atom stereocenters. The fourth-order valence-corrected chi connectivity index (χ4v) is 14.0. The number of hydrogen-bond donors (Lipinski definition) is 0. The molecule has 0 aliphatic rings. The SMILES string of the molecule is N#Cc1cccc(-c2ccc(-n3c4ccc(-c5ccc(C#N)cc5C#N)cc4c4cc(-c5ccc(C#N)cc5C#N)ccc43)c(-c3cc(-n4c5ccc(-c6ccc(C#N)cc6C#N)cc5c5cc(-c6ccc(C#N)cc6C#N)ccc54)ccc3-c3nc(-c4ccccc4)nc(-c4ccccc4)n3)c2)c1. The van der Waals surface area contributed by atoms with Crippen molar-refractivity contribution in [3.05, 3.63) is 317 Å². The summed E-state index contributed by atoms with van der Waals surface area (Å²) in [4.78, 5) is 15.9. The molecule has 0 saturated heterocycles. The van der Waals surface area contributed by atoms with Gasteiger partial charge in [-0.15, -0.1) is 0 Å². The number of nitrogens with zero attached hydrogens (tertiary/aromatic N) is 14. The Morgan fingerprint density at radius 3 is 0.952 bits per heavy atom. The van der Waals surface area contributed by atoms with Gasteiger partial charge in [-0.2, -0.15) is 47.4 Å². The van der Waals surface area contributed by atoms with Gasteiger partial charge in [0.15, 0.2) is 17.5 Å². The molecule has 14 nitrogen and oxygen atoms in total. The molecule has 0 aliphatic heterocycles. The smallest absolute Gasteiger partial charge is 0.164 e. The number of fused-ring (bicyclic) bond motifs is 6. The second kappa shape index (κ2) is 26.0. The highest BCUT2D eigenvalue weighted by atomic mass is 15.0. The van der Waals surface area contributed by atoms with Crippen LogP contribution >= 0.6 is 0 Å². The minimum Gasteiger partial charge on any atom is -0.309 e. The first-order valence-corrected chi connectivity index (χ1v) is 32.7. The van der Waals surface area contributed by atoms with E-state index >= 15 is 0 Å². The molecular formula is C90H44N14. The quantitative estimate of drug-likeness (QED) is 0.117. The Hall–Kier alpha value is -16.1. The number of aromatic nitrogens is 5. The average Bonchev–Trinajstić information content (AvgIpc) is 1.60. The molecule has 0 spiro atoms. The summed E-state index contributed by atoms with van der Waals surface area (Å²) in [5.74, 6) is 1.22. The van der Waals surface area contributed by atoms with E-state index in [-0.39, 0.29) is 0 Å². The van der Waals surface area contributed by atoms with E-state index in [1.54, 1.807) is 78.9 Å². The fourth-order valence-electron chi connectivity index (χ4n) is 14.0.